The fourth-order valence-electron chi connectivity index (χ4n) is 4.30. The van der Waals surface area contributed by atoms with Crippen LogP contribution in [0.1, 0.15) is 62.3 Å². The number of nitrogens with zero attached hydrogens (tertiary/aromatic N) is 3. The van der Waals surface area contributed by atoms with Crippen molar-refractivity contribution in [1.82, 2.24) is 15.1 Å². The summed E-state index contributed by atoms with van der Waals surface area (Å²) in [5, 5.41) is 8.13. The van der Waals surface area contributed by atoms with E-state index in [-0.39, 0.29) is 23.6 Å². The van der Waals surface area contributed by atoms with Gasteiger partial charge in [0.25, 0.3) is 0 Å². The van der Waals surface area contributed by atoms with Gasteiger partial charge in [-0.1, -0.05) is 19.3 Å². The first kappa shape index (κ1) is 19.9. The van der Waals surface area contributed by atoms with Gasteiger partial charge >= 0.3 is 6.18 Å². The fraction of sp³-hybridized carbons (Fsp3) is 0.571. The number of carbonyl (C=O) groups is 1. The largest absolute Gasteiger partial charge is 0.420 e. The van der Waals surface area contributed by atoms with Gasteiger partial charge in [0, 0.05) is 24.6 Å². The number of carbonyl (C=O) groups excluding carboxylic acids is 1. The average molecular weight is 407 g/mol. The highest BCUT2D eigenvalue weighted by Gasteiger charge is 2.33. The molecule has 2 heterocycles. The average Bonchev–Trinajstić information content (AvgIpc) is 3.24. The maximum absolute atomic E-state index is 12.8. The highest BCUT2D eigenvalue weighted by Crippen LogP contribution is 2.33. The van der Waals surface area contributed by atoms with Crippen molar-refractivity contribution < 1.29 is 22.4 Å². The molecule has 1 saturated carbocycles. The molecule has 1 aliphatic heterocycles. The minimum Gasteiger partial charge on any atom is -0.420 e. The molecule has 0 N–H and O–H groups in total. The highest BCUT2D eigenvalue weighted by molar-refractivity contribution is 5.79. The number of aromatic nitrogens is 2. The first-order valence-electron chi connectivity index (χ1n) is 10.2. The van der Waals surface area contributed by atoms with Gasteiger partial charge in [0.05, 0.1) is 11.5 Å². The monoisotopic (exact) mass is 407 g/mol. The molecule has 2 aliphatic rings. The van der Waals surface area contributed by atoms with Gasteiger partial charge in [-0.15, -0.1) is 10.2 Å². The minimum atomic E-state index is -4.38. The summed E-state index contributed by atoms with van der Waals surface area (Å²) in [7, 11) is 0. The Morgan fingerprint density at radius 2 is 1.72 bits per heavy atom. The molecule has 0 bridgehead atoms. The number of hydrogen-bond donors (Lipinski definition) is 0. The third kappa shape index (κ3) is 4.46. The smallest absolute Gasteiger partial charge is 0.416 e. The third-order valence-corrected chi connectivity index (χ3v) is 5.94. The second-order valence-corrected chi connectivity index (χ2v) is 7.98. The summed E-state index contributed by atoms with van der Waals surface area (Å²) in [6, 6.07) is 4.68. The van der Waals surface area contributed by atoms with Crippen LogP contribution in [0.3, 0.4) is 0 Å². The van der Waals surface area contributed by atoms with E-state index in [1.54, 1.807) is 0 Å². The van der Waals surface area contributed by atoms with Crippen LogP contribution in [0.15, 0.2) is 28.7 Å². The molecule has 1 unspecified atom stereocenters. The van der Waals surface area contributed by atoms with E-state index in [0.29, 0.717) is 18.0 Å². The van der Waals surface area contributed by atoms with Crippen molar-refractivity contribution in [2.75, 3.05) is 13.1 Å². The van der Waals surface area contributed by atoms with Crippen molar-refractivity contribution in [2.45, 2.75) is 57.0 Å². The molecule has 156 valence electrons. The molecule has 5 nitrogen and oxygen atoms in total. The van der Waals surface area contributed by atoms with E-state index < -0.39 is 11.7 Å². The third-order valence-electron chi connectivity index (χ3n) is 5.94. The van der Waals surface area contributed by atoms with Crippen molar-refractivity contribution in [3.05, 3.63) is 35.7 Å². The zero-order chi connectivity index (χ0) is 20.4. The fourth-order valence-corrected chi connectivity index (χ4v) is 4.30. The molecule has 4 rings (SSSR count). The number of rotatable bonds is 3. The second kappa shape index (κ2) is 8.16. The molecular formula is C21H24F3N3O2. The molecule has 29 heavy (non-hydrogen) atoms. The van der Waals surface area contributed by atoms with Crippen molar-refractivity contribution in [2.24, 2.45) is 5.92 Å². The van der Waals surface area contributed by atoms with E-state index in [0.717, 1.165) is 57.2 Å². The Morgan fingerprint density at radius 1 is 1.00 bits per heavy atom. The Kier molecular flexibility index (Phi) is 5.61. The predicted molar refractivity (Wildman–Crippen MR) is 99.9 cm³/mol. The van der Waals surface area contributed by atoms with Gasteiger partial charge in [0.1, 0.15) is 0 Å². The molecule has 2 aromatic rings. The Labute approximate surface area is 167 Å². The standard InChI is InChI=1S/C21H24F3N3O2/c22-21(23,24)17-10-8-14(9-11-17)18-25-26-19(29-18)16-7-4-12-27(13-16)20(28)15-5-2-1-3-6-15/h8-11,15-16H,1-7,12-13H2. The molecule has 1 aliphatic carbocycles. The molecular weight excluding hydrogens is 383 g/mol. The van der Waals surface area contributed by atoms with Crippen LogP contribution in [0, 0.1) is 5.92 Å². The summed E-state index contributed by atoms with van der Waals surface area (Å²) in [4.78, 5) is 14.8. The van der Waals surface area contributed by atoms with Crippen LogP contribution in [0.4, 0.5) is 13.2 Å². The van der Waals surface area contributed by atoms with Crippen LogP contribution in [0.2, 0.25) is 0 Å². The molecule has 8 heteroatoms. The van der Waals surface area contributed by atoms with E-state index in [4.69, 9.17) is 4.42 Å². The number of piperidine rings is 1. The van der Waals surface area contributed by atoms with Gasteiger partial charge in [-0.3, -0.25) is 4.79 Å². The van der Waals surface area contributed by atoms with Crippen molar-refractivity contribution >= 4 is 5.91 Å². The zero-order valence-corrected chi connectivity index (χ0v) is 16.1. The summed E-state index contributed by atoms with van der Waals surface area (Å²) in [5.41, 5.74) is -0.271. The number of amides is 1. The van der Waals surface area contributed by atoms with Crippen molar-refractivity contribution in [1.29, 1.82) is 0 Å². The summed E-state index contributed by atoms with van der Waals surface area (Å²) >= 11 is 0. The lowest BCUT2D eigenvalue weighted by atomic mass is 9.87. The van der Waals surface area contributed by atoms with Gasteiger partial charge in [-0.05, 0) is 49.9 Å². The molecule has 2 fully saturated rings. The Hall–Kier alpha value is -2.38. The number of hydrogen-bond acceptors (Lipinski definition) is 4. The number of alkyl halides is 3. The Balaban J connectivity index is 1.44. The quantitative estimate of drug-likeness (QED) is 0.715. The van der Waals surface area contributed by atoms with E-state index in [2.05, 4.69) is 10.2 Å². The van der Waals surface area contributed by atoms with E-state index in [1.165, 1.54) is 18.6 Å². The lowest BCUT2D eigenvalue weighted by molar-refractivity contribution is -0.138. The lowest BCUT2D eigenvalue weighted by Gasteiger charge is -2.34. The van der Waals surface area contributed by atoms with Gasteiger partial charge in [-0.25, -0.2) is 0 Å². The molecule has 1 atom stereocenters. The van der Waals surface area contributed by atoms with E-state index >= 15 is 0 Å². The molecule has 1 saturated heterocycles. The van der Waals surface area contributed by atoms with E-state index in [1.807, 2.05) is 4.90 Å². The van der Waals surface area contributed by atoms with Gasteiger partial charge in [0.15, 0.2) is 0 Å². The van der Waals surface area contributed by atoms with Crippen LogP contribution >= 0.6 is 0 Å². The number of halogens is 3. The van der Waals surface area contributed by atoms with Crippen LogP contribution in [-0.2, 0) is 11.0 Å². The number of likely N-dealkylation sites (tertiary alicyclic amines) is 1. The summed E-state index contributed by atoms with van der Waals surface area (Å²) < 4.78 is 43.9. The predicted octanol–water partition coefficient (Wildman–Crippen LogP) is 5.04. The maximum Gasteiger partial charge on any atom is 0.416 e. The molecule has 1 aromatic heterocycles. The van der Waals surface area contributed by atoms with Crippen molar-refractivity contribution in [3.63, 3.8) is 0 Å². The minimum absolute atomic E-state index is 0.0352. The first-order chi connectivity index (χ1) is 13.9. The van der Waals surface area contributed by atoms with Gasteiger partial charge in [0.2, 0.25) is 17.7 Å². The molecule has 0 spiro atoms. The van der Waals surface area contributed by atoms with Crippen LogP contribution < -0.4 is 0 Å². The summed E-state index contributed by atoms with van der Waals surface area (Å²) in [6.45, 7) is 1.32. The maximum atomic E-state index is 12.8. The van der Waals surface area contributed by atoms with Crippen LogP contribution in [0.25, 0.3) is 11.5 Å². The Morgan fingerprint density at radius 3 is 2.41 bits per heavy atom. The lowest BCUT2D eigenvalue weighted by Crippen LogP contribution is -2.42. The molecule has 0 radical (unpaired) electrons. The number of benzene rings is 1. The topological polar surface area (TPSA) is 59.2 Å². The second-order valence-electron chi connectivity index (χ2n) is 7.98. The molecule has 1 amide bonds. The first-order valence-corrected chi connectivity index (χ1v) is 10.2. The summed E-state index contributed by atoms with van der Waals surface area (Å²) in [6.07, 6.45) is 2.74. The normalized spacial score (nSPS) is 21.3. The van der Waals surface area contributed by atoms with Gasteiger partial charge in [-0.2, -0.15) is 13.2 Å². The zero-order valence-electron chi connectivity index (χ0n) is 16.1. The summed E-state index contributed by atoms with van der Waals surface area (Å²) in [5.74, 6) is 0.974. The molecule has 1 aromatic carbocycles. The Bertz CT molecular complexity index is 842. The van der Waals surface area contributed by atoms with E-state index in [9.17, 15) is 18.0 Å². The van der Waals surface area contributed by atoms with Crippen LogP contribution in [0.5, 0.6) is 0 Å². The van der Waals surface area contributed by atoms with Gasteiger partial charge < -0.3 is 9.32 Å². The SMILES string of the molecule is O=C(C1CCCCC1)N1CCCC(c2nnc(-c3ccc(C(F)(F)F)cc3)o2)C1. The van der Waals surface area contributed by atoms with Crippen LogP contribution in [-0.4, -0.2) is 34.1 Å². The highest BCUT2D eigenvalue weighted by atomic mass is 19.4. The van der Waals surface area contributed by atoms with Crippen molar-refractivity contribution in [3.8, 4) is 11.5 Å².